The summed E-state index contributed by atoms with van der Waals surface area (Å²) in [6.07, 6.45) is 0. The molecule has 0 atom stereocenters. The number of hydrogen-bond acceptors (Lipinski definition) is 3. The summed E-state index contributed by atoms with van der Waals surface area (Å²) in [6, 6.07) is 116. The first kappa shape index (κ1) is 49.6. The van der Waals surface area contributed by atoms with E-state index in [0.717, 1.165) is 56.6 Å². The molecule has 0 saturated carbocycles. The van der Waals surface area contributed by atoms with Crippen molar-refractivity contribution in [3.8, 4) is 22.3 Å². The van der Waals surface area contributed by atoms with Crippen LogP contribution in [-0.4, -0.2) is 14.8 Å². The molecule has 0 spiro atoms. The smallest absolute Gasteiger partial charge is 0.246 e. The van der Waals surface area contributed by atoms with E-state index in [1.165, 1.54) is 59.5 Å². The Bertz CT molecular complexity index is 4020. The molecular weight excluding hydrogens is 994 g/mol. The van der Waals surface area contributed by atoms with Crippen molar-refractivity contribution in [1.29, 1.82) is 0 Å². The van der Waals surface area contributed by atoms with Crippen LogP contribution in [0, 0.1) is 0 Å². The lowest BCUT2D eigenvalue weighted by atomic mass is 9.34. The molecule has 2 aliphatic heterocycles. The van der Waals surface area contributed by atoms with Gasteiger partial charge in [0, 0.05) is 56.6 Å². The molecule has 0 saturated heterocycles. The maximum Gasteiger partial charge on any atom is 0.246 e. The highest BCUT2D eigenvalue weighted by molar-refractivity contribution is 7.26. The van der Waals surface area contributed by atoms with Gasteiger partial charge < -0.3 is 14.7 Å². The molecule has 0 bridgehead atoms. The largest absolute Gasteiger partial charge is 0.311 e. The normalized spacial score (nSPS) is 12.9. The van der Waals surface area contributed by atoms with Gasteiger partial charge in [0.2, 0.25) is 6.71 Å². The fourth-order valence-corrected chi connectivity index (χ4v) is 18.4. The molecule has 12 aromatic rings. The molecule has 2 heterocycles. The SMILES string of the molecule is CC(C)(C)c1cc2c3c(c1)[Si](c1ccccc1)(c1ccccc1)c1cc(N(c4ccccc4)c4ccccc4)ccc1B3c1ccc(N(c3ccccc3)c3ccccc3)cc1N2c1c(-c2ccccc2)cccc1-c1ccccc1. The minimum atomic E-state index is -3.31. The van der Waals surface area contributed by atoms with Crippen molar-refractivity contribution in [2.24, 2.45) is 0 Å². The van der Waals surface area contributed by atoms with Gasteiger partial charge in [-0.05, 0) is 133 Å². The van der Waals surface area contributed by atoms with Crippen molar-refractivity contribution in [3.05, 3.63) is 315 Å². The van der Waals surface area contributed by atoms with Crippen LogP contribution >= 0.6 is 0 Å². The molecule has 0 amide bonds. The van der Waals surface area contributed by atoms with Crippen LogP contribution in [-0.2, 0) is 5.41 Å². The van der Waals surface area contributed by atoms with Gasteiger partial charge in [-0.2, -0.15) is 0 Å². The molecule has 12 aromatic carbocycles. The third-order valence-electron chi connectivity index (χ3n) is 16.7. The van der Waals surface area contributed by atoms with Crippen molar-refractivity contribution >= 4 is 103 Å². The predicted octanol–water partition coefficient (Wildman–Crippen LogP) is 15.2. The molecule has 14 rings (SSSR count). The highest BCUT2D eigenvalue weighted by atomic mass is 28.3. The van der Waals surface area contributed by atoms with Crippen LogP contribution in [0.1, 0.15) is 26.3 Å². The lowest BCUT2D eigenvalue weighted by molar-refractivity contribution is 0.591. The summed E-state index contributed by atoms with van der Waals surface area (Å²) < 4.78 is 0. The van der Waals surface area contributed by atoms with Crippen LogP contribution in [0.3, 0.4) is 0 Å². The van der Waals surface area contributed by atoms with Gasteiger partial charge in [-0.15, -0.1) is 0 Å². The highest BCUT2D eigenvalue weighted by Crippen LogP contribution is 2.49. The molecular formula is C76H60BN3Si. The van der Waals surface area contributed by atoms with Crippen LogP contribution in [0.15, 0.2) is 309 Å². The van der Waals surface area contributed by atoms with E-state index in [0.29, 0.717) is 0 Å². The minimum absolute atomic E-state index is 0.130. The van der Waals surface area contributed by atoms with E-state index < -0.39 is 8.07 Å². The van der Waals surface area contributed by atoms with Crippen molar-refractivity contribution in [1.82, 2.24) is 0 Å². The molecule has 0 N–H and O–H groups in total. The second-order valence-electron chi connectivity index (χ2n) is 22.4. The zero-order chi connectivity index (χ0) is 54.5. The van der Waals surface area contributed by atoms with E-state index in [9.17, 15) is 0 Å². The van der Waals surface area contributed by atoms with Crippen molar-refractivity contribution in [2.75, 3.05) is 14.7 Å². The van der Waals surface area contributed by atoms with Gasteiger partial charge in [0.1, 0.15) is 0 Å². The van der Waals surface area contributed by atoms with Gasteiger partial charge in [0.25, 0.3) is 0 Å². The van der Waals surface area contributed by atoms with Gasteiger partial charge >= 0.3 is 0 Å². The zero-order valence-corrected chi connectivity index (χ0v) is 46.9. The van der Waals surface area contributed by atoms with Crippen LogP contribution in [0.2, 0.25) is 0 Å². The summed E-state index contributed by atoms with van der Waals surface area (Å²) in [5, 5.41) is 5.54. The maximum atomic E-state index is 2.70. The zero-order valence-electron chi connectivity index (χ0n) is 45.9. The Morgan fingerprint density at radius 2 is 0.728 bits per heavy atom. The Kier molecular flexibility index (Phi) is 12.6. The average Bonchev–Trinajstić information content (AvgIpc) is 3.56. The monoisotopic (exact) mass is 1050 g/mol. The van der Waals surface area contributed by atoms with Crippen LogP contribution < -0.4 is 51.8 Å². The Labute approximate surface area is 478 Å². The third-order valence-corrected chi connectivity index (χ3v) is 21.6. The summed E-state index contributed by atoms with van der Waals surface area (Å²) in [5.74, 6) is 0. The first-order chi connectivity index (χ1) is 39.9. The predicted molar refractivity (Wildman–Crippen MR) is 348 cm³/mol. The van der Waals surface area contributed by atoms with E-state index in [1.54, 1.807) is 0 Å². The van der Waals surface area contributed by atoms with E-state index in [2.05, 4.69) is 345 Å². The number of hydrogen-bond donors (Lipinski definition) is 0. The van der Waals surface area contributed by atoms with Crippen molar-refractivity contribution in [3.63, 3.8) is 0 Å². The molecule has 2 aliphatic rings. The number of benzene rings is 12. The van der Waals surface area contributed by atoms with E-state index in [1.807, 2.05) is 0 Å². The van der Waals surface area contributed by atoms with Crippen LogP contribution in [0.5, 0.6) is 0 Å². The first-order valence-corrected chi connectivity index (χ1v) is 30.3. The second kappa shape index (κ2) is 20.5. The maximum absolute atomic E-state index is 3.31. The van der Waals surface area contributed by atoms with Gasteiger partial charge in [-0.25, -0.2) is 0 Å². The van der Waals surface area contributed by atoms with Crippen molar-refractivity contribution in [2.45, 2.75) is 26.2 Å². The van der Waals surface area contributed by atoms with Crippen LogP contribution in [0.25, 0.3) is 22.3 Å². The first-order valence-electron chi connectivity index (χ1n) is 28.3. The van der Waals surface area contributed by atoms with Gasteiger partial charge in [0.05, 0.1) is 5.69 Å². The Morgan fingerprint density at radius 3 is 1.16 bits per heavy atom. The molecule has 0 aliphatic carbocycles. The number of nitrogens with zero attached hydrogens (tertiary/aromatic N) is 3. The molecule has 0 radical (unpaired) electrons. The number of rotatable bonds is 11. The minimum Gasteiger partial charge on any atom is -0.311 e. The third kappa shape index (κ3) is 8.52. The number of fused-ring (bicyclic) bond motifs is 4. The fraction of sp³-hybridized carbons (Fsp3) is 0.0526. The number of anilines is 9. The van der Waals surface area contributed by atoms with E-state index in [4.69, 9.17) is 0 Å². The lowest BCUT2D eigenvalue weighted by Gasteiger charge is -2.49. The second-order valence-corrected chi connectivity index (χ2v) is 26.2. The molecule has 386 valence electrons. The quantitative estimate of drug-likeness (QED) is 0.120. The fourth-order valence-electron chi connectivity index (χ4n) is 13.1. The standard InChI is InChI=1S/C76H60BN3Si/c1-76(2,3)57-51-71-74-73(52-57)81(64-41-24-10-25-42-64,65-43-26-11-27-44-65)72-54-63(79(60-37-20-8-21-38-60)61-39-22-9-23-40-61)48-50-69(72)77(74)68-49-47-62(78(58-33-16-6-17-34-58)59-35-18-7-19-36-59)53-70(68)80(71)75-66(55-29-12-4-13-30-55)45-28-46-67(75)56-31-14-5-15-32-56/h4-54H,1-3H3. The van der Waals surface area contributed by atoms with E-state index >= 15 is 0 Å². The Morgan fingerprint density at radius 1 is 0.333 bits per heavy atom. The van der Waals surface area contributed by atoms with Gasteiger partial charge in [-0.3, -0.25) is 0 Å². The average molecular weight is 1050 g/mol. The Balaban J connectivity index is 1.16. The molecule has 3 nitrogen and oxygen atoms in total. The topological polar surface area (TPSA) is 9.72 Å². The lowest BCUT2D eigenvalue weighted by Crippen LogP contribution is -2.87. The number of para-hydroxylation sites is 5. The summed E-state index contributed by atoms with van der Waals surface area (Å²) >= 11 is 0. The van der Waals surface area contributed by atoms with Gasteiger partial charge in [0.15, 0.2) is 8.07 Å². The molecule has 0 fully saturated rings. The van der Waals surface area contributed by atoms with Crippen molar-refractivity contribution < 1.29 is 0 Å². The summed E-state index contributed by atoms with van der Waals surface area (Å²) in [7, 11) is -3.31. The molecule has 0 unspecified atom stereocenters. The van der Waals surface area contributed by atoms with Crippen LogP contribution in [0.4, 0.5) is 51.2 Å². The summed E-state index contributed by atoms with van der Waals surface area (Å²) in [5.41, 5.74) is 19.8. The highest BCUT2D eigenvalue weighted by Gasteiger charge is 2.54. The summed E-state index contributed by atoms with van der Waals surface area (Å²) in [6.45, 7) is 7.05. The molecule has 0 aromatic heterocycles. The van der Waals surface area contributed by atoms with Gasteiger partial charge in [-0.1, -0.05) is 257 Å². The molecule has 5 heteroatoms. The Hall–Kier alpha value is -9.68. The van der Waals surface area contributed by atoms with E-state index in [-0.39, 0.29) is 12.1 Å². The molecule has 81 heavy (non-hydrogen) atoms. The summed E-state index contributed by atoms with van der Waals surface area (Å²) in [4.78, 5) is 7.55.